The van der Waals surface area contributed by atoms with E-state index in [1.54, 1.807) is 12.1 Å². The Morgan fingerprint density at radius 1 is 1.37 bits per heavy atom. The first kappa shape index (κ1) is 13.1. The summed E-state index contributed by atoms with van der Waals surface area (Å²) in [6.07, 6.45) is -0.290. The Morgan fingerprint density at radius 2 is 2.05 bits per heavy atom. The number of nitrogens with one attached hydrogen (secondary N) is 1. The predicted octanol–water partition coefficient (Wildman–Crippen LogP) is 1.31. The number of oxime groups is 1. The number of hydrogen-bond acceptors (Lipinski definition) is 5. The second-order valence-corrected chi connectivity index (χ2v) is 4.12. The molecule has 0 fully saturated rings. The SMILES string of the molecule is COC(=O)C1CC(c2ccc(NC(C)=O)cc2)=NO1. The molecule has 1 amide bonds. The highest BCUT2D eigenvalue weighted by Crippen LogP contribution is 2.19. The summed E-state index contributed by atoms with van der Waals surface area (Å²) < 4.78 is 4.60. The van der Waals surface area contributed by atoms with Gasteiger partial charge in [0.1, 0.15) is 0 Å². The molecule has 1 aromatic rings. The van der Waals surface area contributed by atoms with E-state index < -0.39 is 12.1 Å². The highest BCUT2D eigenvalue weighted by Gasteiger charge is 2.29. The third kappa shape index (κ3) is 3.09. The molecule has 0 aliphatic carbocycles. The number of esters is 1. The van der Waals surface area contributed by atoms with Gasteiger partial charge in [0.25, 0.3) is 0 Å². The first-order chi connectivity index (χ1) is 9.10. The van der Waals surface area contributed by atoms with Gasteiger partial charge in [0.2, 0.25) is 12.0 Å². The van der Waals surface area contributed by atoms with E-state index >= 15 is 0 Å². The fraction of sp³-hybridized carbons (Fsp3) is 0.308. The highest BCUT2D eigenvalue weighted by atomic mass is 16.7. The molecule has 0 radical (unpaired) electrons. The van der Waals surface area contributed by atoms with Crippen molar-refractivity contribution in [3.05, 3.63) is 29.8 Å². The molecular weight excluding hydrogens is 248 g/mol. The summed E-state index contributed by atoms with van der Waals surface area (Å²) in [5.41, 5.74) is 2.24. The molecule has 0 aromatic heterocycles. The zero-order chi connectivity index (χ0) is 13.8. The molecule has 1 atom stereocenters. The van der Waals surface area contributed by atoms with Crippen molar-refractivity contribution in [1.29, 1.82) is 0 Å². The van der Waals surface area contributed by atoms with Crippen molar-refractivity contribution in [2.45, 2.75) is 19.4 Å². The van der Waals surface area contributed by atoms with Crippen LogP contribution < -0.4 is 5.32 Å². The van der Waals surface area contributed by atoms with Crippen molar-refractivity contribution >= 4 is 23.3 Å². The molecule has 19 heavy (non-hydrogen) atoms. The molecule has 0 saturated carbocycles. The van der Waals surface area contributed by atoms with Crippen molar-refractivity contribution in [1.82, 2.24) is 0 Å². The van der Waals surface area contributed by atoms with Crippen LogP contribution in [0.3, 0.4) is 0 Å². The summed E-state index contributed by atoms with van der Waals surface area (Å²) in [6, 6.07) is 7.16. The summed E-state index contributed by atoms with van der Waals surface area (Å²) >= 11 is 0. The van der Waals surface area contributed by atoms with Crippen LogP contribution in [0.15, 0.2) is 29.4 Å². The lowest BCUT2D eigenvalue weighted by Crippen LogP contribution is -2.22. The molecule has 1 aliphatic rings. The third-order valence-electron chi connectivity index (χ3n) is 2.67. The van der Waals surface area contributed by atoms with E-state index in [9.17, 15) is 9.59 Å². The van der Waals surface area contributed by atoms with Crippen molar-refractivity contribution in [2.75, 3.05) is 12.4 Å². The number of methoxy groups -OCH3 is 1. The molecule has 1 unspecified atom stereocenters. The van der Waals surface area contributed by atoms with E-state index in [4.69, 9.17) is 4.84 Å². The average Bonchev–Trinajstić information content (AvgIpc) is 2.87. The van der Waals surface area contributed by atoms with E-state index in [0.29, 0.717) is 17.8 Å². The number of hydrogen-bond donors (Lipinski definition) is 1. The number of anilines is 1. The Balaban J connectivity index is 2.04. The summed E-state index contributed by atoms with van der Waals surface area (Å²) in [6.45, 7) is 1.45. The Labute approximate surface area is 110 Å². The number of ether oxygens (including phenoxy) is 1. The Bertz CT molecular complexity index is 522. The van der Waals surface area contributed by atoms with Crippen molar-refractivity contribution < 1.29 is 19.2 Å². The Hall–Kier alpha value is -2.37. The van der Waals surface area contributed by atoms with Crippen LogP contribution in [0.5, 0.6) is 0 Å². The van der Waals surface area contributed by atoms with Crippen LogP contribution in [0, 0.1) is 0 Å². The number of benzene rings is 1. The Kier molecular flexibility index (Phi) is 3.79. The van der Waals surface area contributed by atoms with Crippen LogP contribution in [-0.4, -0.2) is 30.8 Å². The van der Waals surface area contributed by atoms with Crippen LogP contribution in [0.25, 0.3) is 0 Å². The molecule has 1 heterocycles. The maximum absolute atomic E-state index is 11.3. The molecular formula is C13H14N2O4. The number of carbonyl (C=O) groups is 2. The molecule has 0 spiro atoms. The van der Waals surface area contributed by atoms with E-state index in [0.717, 1.165) is 5.56 Å². The van der Waals surface area contributed by atoms with E-state index in [2.05, 4.69) is 15.2 Å². The van der Waals surface area contributed by atoms with Gasteiger partial charge in [0.05, 0.1) is 12.8 Å². The molecule has 100 valence electrons. The maximum atomic E-state index is 11.3. The molecule has 0 bridgehead atoms. The van der Waals surface area contributed by atoms with Gasteiger partial charge in [0.15, 0.2) is 0 Å². The van der Waals surface area contributed by atoms with Gasteiger partial charge in [-0.05, 0) is 17.7 Å². The first-order valence-electron chi connectivity index (χ1n) is 5.78. The summed E-state index contributed by atoms with van der Waals surface area (Å²) in [4.78, 5) is 27.2. The van der Waals surface area contributed by atoms with Crippen LogP contribution in [0.4, 0.5) is 5.69 Å². The molecule has 2 rings (SSSR count). The van der Waals surface area contributed by atoms with Gasteiger partial charge in [-0.25, -0.2) is 4.79 Å². The van der Waals surface area contributed by atoms with Crippen molar-refractivity contribution in [3.8, 4) is 0 Å². The topological polar surface area (TPSA) is 77.0 Å². The average molecular weight is 262 g/mol. The Morgan fingerprint density at radius 3 is 2.63 bits per heavy atom. The van der Waals surface area contributed by atoms with Gasteiger partial charge >= 0.3 is 5.97 Å². The predicted molar refractivity (Wildman–Crippen MR) is 68.8 cm³/mol. The number of carbonyl (C=O) groups excluding carboxylic acids is 2. The maximum Gasteiger partial charge on any atom is 0.350 e. The quantitative estimate of drug-likeness (QED) is 0.833. The summed E-state index contributed by atoms with van der Waals surface area (Å²) in [5, 5.41) is 6.55. The molecule has 1 aromatic carbocycles. The molecule has 6 heteroatoms. The standard InChI is InChI=1S/C13H14N2O4/c1-8(16)14-10-5-3-9(4-6-10)11-7-12(19-15-11)13(17)18-2/h3-6,12H,7H2,1-2H3,(H,14,16). The normalized spacial score (nSPS) is 17.4. The van der Waals surface area contributed by atoms with E-state index in [1.165, 1.54) is 14.0 Å². The van der Waals surface area contributed by atoms with Gasteiger partial charge in [-0.1, -0.05) is 17.3 Å². The minimum atomic E-state index is -0.671. The van der Waals surface area contributed by atoms with Gasteiger partial charge in [-0.15, -0.1) is 0 Å². The van der Waals surface area contributed by atoms with Gasteiger partial charge < -0.3 is 14.9 Å². The molecule has 6 nitrogen and oxygen atoms in total. The largest absolute Gasteiger partial charge is 0.466 e. The number of amides is 1. The zero-order valence-electron chi connectivity index (χ0n) is 10.7. The van der Waals surface area contributed by atoms with Gasteiger partial charge in [0, 0.05) is 19.0 Å². The lowest BCUT2D eigenvalue weighted by atomic mass is 10.0. The summed E-state index contributed by atoms with van der Waals surface area (Å²) in [7, 11) is 1.31. The van der Waals surface area contributed by atoms with Crippen LogP contribution >= 0.6 is 0 Å². The van der Waals surface area contributed by atoms with Gasteiger partial charge in [-0.2, -0.15) is 0 Å². The smallest absolute Gasteiger partial charge is 0.350 e. The number of nitrogens with zero attached hydrogens (tertiary/aromatic N) is 1. The third-order valence-corrected chi connectivity index (χ3v) is 2.67. The fourth-order valence-electron chi connectivity index (χ4n) is 1.75. The van der Waals surface area contributed by atoms with Gasteiger partial charge in [-0.3, -0.25) is 4.79 Å². The summed E-state index contributed by atoms with van der Waals surface area (Å²) in [5.74, 6) is -0.561. The zero-order valence-corrected chi connectivity index (χ0v) is 10.7. The minimum Gasteiger partial charge on any atom is -0.466 e. The second-order valence-electron chi connectivity index (χ2n) is 4.12. The van der Waals surface area contributed by atoms with Crippen LogP contribution in [0.2, 0.25) is 0 Å². The highest BCUT2D eigenvalue weighted by molar-refractivity contribution is 6.03. The van der Waals surface area contributed by atoms with E-state index in [1.807, 2.05) is 12.1 Å². The molecule has 1 aliphatic heterocycles. The second kappa shape index (κ2) is 5.51. The number of rotatable bonds is 3. The minimum absolute atomic E-state index is 0.125. The monoisotopic (exact) mass is 262 g/mol. The van der Waals surface area contributed by atoms with Crippen molar-refractivity contribution in [2.24, 2.45) is 5.16 Å². The lowest BCUT2D eigenvalue weighted by Gasteiger charge is -2.05. The van der Waals surface area contributed by atoms with Crippen molar-refractivity contribution in [3.63, 3.8) is 0 Å². The fourth-order valence-corrected chi connectivity index (χ4v) is 1.75. The lowest BCUT2D eigenvalue weighted by molar-refractivity contribution is -0.152. The van der Waals surface area contributed by atoms with Crippen LogP contribution in [-0.2, 0) is 19.2 Å². The van der Waals surface area contributed by atoms with Crippen LogP contribution in [0.1, 0.15) is 18.9 Å². The van der Waals surface area contributed by atoms with E-state index in [-0.39, 0.29) is 5.91 Å². The molecule has 1 N–H and O–H groups in total. The molecule has 0 saturated heterocycles. The first-order valence-corrected chi connectivity index (χ1v) is 5.78.